The van der Waals surface area contributed by atoms with Crippen molar-refractivity contribution in [3.63, 3.8) is 0 Å². The third-order valence-corrected chi connectivity index (χ3v) is 3.77. The molecule has 0 radical (unpaired) electrons. The Balaban J connectivity index is 2.04. The van der Waals surface area contributed by atoms with E-state index in [4.69, 9.17) is 5.11 Å². The van der Waals surface area contributed by atoms with Crippen LogP contribution in [0.15, 0.2) is 54.6 Å². The number of rotatable bonds is 7. The number of nitrogens with one attached hydrogen (secondary N) is 1. The molecule has 0 aromatic heterocycles. The quantitative estimate of drug-likeness (QED) is 0.766. The van der Waals surface area contributed by atoms with Gasteiger partial charge in [0.2, 0.25) is 0 Å². The number of amides is 1. The van der Waals surface area contributed by atoms with E-state index in [1.807, 2.05) is 48.5 Å². The summed E-state index contributed by atoms with van der Waals surface area (Å²) in [6.45, 7) is 1.53. The van der Waals surface area contributed by atoms with Gasteiger partial charge in [0.1, 0.15) is 0 Å². The third-order valence-electron chi connectivity index (χ3n) is 3.77. The first-order valence-corrected chi connectivity index (χ1v) is 7.68. The fourth-order valence-electron chi connectivity index (χ4n) is 2.59. The summed E-state index contributed by atoms with van der Waals surface area (Å²) in [6, 6.07) is 17.2. The molecule has 2 N–H and O–H groups in total. The van der Waals surface area contributed by atoms with Crippen LogP contribution in [0.3, 0.4) is 0 Å². The number of benzene rings is 2. The lowest BCUT2D eigenvalue weighted by molar-refractivity contribution is 0.101. The molecule has 1 atom stereocenters. The molecule has 2 aromatic carbocycles. The lowest BCUT2D eigenvalue weighted by atomic mass is 9.97. The summed E-state index contributed by atoms with van der Waals surface area (Å²) in [7, 11) is 0. The number of hydrogen-bond donors (Lipinski definition) is 2. The zero-order valence-corrected chi connectivity index (χ0v) is 13.2. The van der Waals surface area contributed by atoms with Gasteiger partial charge in [0.25, 0.3) is 0 Å². The van der Waals surface area contributed by atoms with Crippen molar-refractivity contribution in [3.05, 3.63) is 71.3 Å². The molecule has 23 heavy (non-hydrogen) atoms. The molecule has 2 rings (SSSR count). The average molecular weight is 311 g/mol. The molecule has 0 fully saturated rings. The third kappa shape index (κ3) is 5.58. The van der Waals surface area contributed by atoms with Crippen molar-refractivity contribution in [2.24, 2.45) is 0 Å². The Morgan fingerprint density at radius 2 is 1.74 bits per heavy atom. The molecular formula is C19H21NO3. The molecule has 0 aliphatic heterocycles. The molecule has 0 heterocycles. The zero-order valence-electron chi connectivity index (χ0n) is 13.2. The maximum atomic E-state index is 11.5. The minimum Gasteiger partial charge on any atom is -0.465 e. The van der Waals surface area contributed by atoms with Crippen molar-refractivity contribution >= 4 is 11.9 Å². The Morgan fingerprint density at radius 1 is 1.04 bits per heavy atom. The van der Waals surface area contributed by atoms with E-state index in [0.717, 1.165) is 12.0 Å². The van der Waals surface area contributed by atoms with Gasteiger partial charge < -0.3 is 10.4 Å². The van der Waals surface area contributed by atoms with Gasteiger partial charge in [0, 0.05) is 11.6 Å². The smallest absolute Gasteiger partial charge is 0.404 e. The van der Waals surface area contributed by atoms with Gasteiger partial charge in [-0.05, 0) is 43.4 Å². The van der Waals surface area contributed by atoms with Crippen molar-refractivity contribution < 1.29 is 14.7 Å². The van der Waals surface area contributed by atoms with Crippen LogP contribution in [-0.4, -0.2) is 23.0 Å². The highest BCUT2D eigenvalue weighted by Crippen LogP contribution is 2.12. The van der Waals surface area contributed by atoms with Crippen LogP contribution >= 0.6 is 0 Å². The predicted molar refractivity (Wildman–Crippen MR) is 89.9 cm³/mol. The highest BCUT2D eigenvalue weighted by Gasteiger charge is 2.13. The fraction of sp³-hybridized carbons (Fsp3) is 0.263. The van der Waals surface area contributed by atoms with Crippen molar-refractivity contribution in [2.75, 3.05) is 0 Å². The summed E-state index contributed by atoms with van der Waals surface area (Å²) >= 11 is 0. The monoisotopic (exact) mass is 311 g/mol. The number of aryl methyl sites for hydroxylation is 1. The normalized spacial score (nSPS) is 11.7. The summed E-state index contributed by atoms with van der Waals surface area (Å²) in [5.74, 6) is 0.0129. The van der Waals surface area contributed by atoms with E-state index in [1.165, 1.54) is 12.5 Å². The summed E-state index contributed by atoms with van der Waals surface area (Å²) in [6.07, 6.45) is 1.06. The van der Waals surface area contributed by atoms with Crippen molar-refractivity contribution in [1.29, 1.82) is 0 Å². The van der Waals surface area contributed by atoms with E-state index >= 15 is 0 Å². The lowest BCUT2D eigenvalue weighted by Gasteiger charge is -2.17. The number of carboxylic acid groups (broad SMARTS) is 1. The number of hydrogen-bond acceptors (Lipinski definition) is 2. The van der Waals surface area contributed by atoms with E-state index < -0.39 is 6.09 Å². The Morgan fingerprint density at radius 3 is 2.39 bits per heavy atom. The Hall–Kier alpha value is -2.62. The molecule has 4 nitrogen and oxygen atoms in total. The molecule has 0 saturated heterocycles. The highest BCUT2D eigenvalue weighted by atomic mass is 16.4. The van der Waals surface area contributed by atoms with Crippen LogP contribution in [0.5, 0.6) is 0 Å². The fourth-order valence-corrected chi connectivity index (χ4v) is 2.59. The number of carbonyl (C=O) groups excluding carboxylic acids is 1. The molecule has 0 unspecified atom stereocenters. The van der Waals surface area contributed by atoms with Gasteiger partial charge in [0.05, 0.1) is 0 Å². The van der Waals surface area contributed by atoms with Gasteiger partial charge in [-0.15, -0.1) is 0 Å². The highest BCUT2D eigenvalue weighted by molar-refractivity contribution is 5.94. The Bertz CT molecular complexity index is 667. The van der Waals surface area contributed by atoms with Crippen LogP contribution in [0.4, 0.5) is 4.79 Å². The molecule has 0 spiro atoms. The summed E-state index contributed by atoms with van der Waals surface area (Å²) in [5.41, 5.74) is 2.80. The number of ketones is 1. The summed E-state index contributed by atoms with van der Waals surface area (Å²) in [5, 5.41) is 11.6. The maximum Gasteiger partial charge on any atom is 0.404 e. The van der Waals surface area contributed by atoms with Crippen LogP contribution < -0.4 is 5.32 Å². The molecule has 0 bridgehead atoms. The minimum atomic E-state index is -1.02. The van der Waals surface area contributed by atoms with E-state index in [0.29, 0.717) is 18.4 Å². The van der Waals surface area contributed by atoms with E-state index in [9.17, 15) is 9.59 Å². The lowest BCUT2D eigenvalue weighted by Crippen LogP contribution is -2.35. The second-order valence-corrected chi connectivity index (χ2v) is 5.63. The molecule has 0 saturated carbocycles. The molecule has 4 heteroatoms. The van der Waals surface area contributed by atoms with Crippen molar-refractivity contribution in [1.82, 2.24) is 5.32 Å². The molecule has 2 aromatic rings. The first-order valence-electron chi connectivity index (χ1n) is 7.68. The van der Waals surface area contributed by atoms with E-state index in [2.05, 4.69) is 5.32 Å². The Kier molecular flexibility index (Phi) is 5.92. The largest absolute Gasteiger partial charge is 0.465 e. The topological polar surface area (TPSA) is 66.4 Å². The molecule has 1 amide bonds. The summed E-state index contributed by atoms with van der Waals surface area (Å²) < 4.78 is 0. The molecule has 0 aliphatic rings. The SMILES string of the molecule is CC(=O)c1cccc(C[C@H](CCc2ccccc2)NC(=O)O)c1. The zero-order chi connectivity index (χ0) is 16.7. The first-order chi connectivity index (χ1) is 11.0. The molecule has 0 aliphatic carbocycles. The summed E-state index contributed by atoms with van der Waals surface area (Å²) in [4.78, 5) is 22.5. The van der Waals surface area contributed by atoms with Crippen molar-refractivity contribution in [2.45, 2.75) is 32.2 Å². The predicted octanol–water partition coefficient (Wildman–Crippen LogP) is 3.70. The number of Topliss-reactive ketones (excluding diaryl/α,β-unsaturated/α-hetero) is 1. The first kappa shape index (κ1) is 16.7. The minimum absolute atomic E-state index is 0.0129. The number of carbonyl (C=O) groups is 2. The van der Waals surface area contributed by atoms with Crippen LogP contribution in [0, 0.1) is 0 Å². The Labute approximate surface area is 136 Å². The van der Waals surface area contributed by atoms with Crippen LogP contribution in [0.1, 0.15) is 34.8 Å². The van der Waals surface area contributed by atoms with Gasteiger partial charge >= 0.3 is 6.09 Å². The van der Waals surface area contributed by atoms with Gasteiger partial charge in [0.15, 0.2) is 5.78 Å². The second-order valence-electron chi connectivity index (χ2n) is 5.63. The second kappa shape index (κ2) is 8.13. The van der Waals surface area contributed by atoms with Gasteiger partial charge in [-0.1, -0.05) is 48.5 Å². The van der Waals surface area contributed by atoms with Gasteiger partial charge in [-0.25, -0.2) is 4.79 Å². The average Bonchev–Trinajstić information content (AvgIpc) is 2.53. The molecular weight excluding hydrogens is 290 g/mol. The van der Waals surface area contributed by atoms with Crippen molar-refractivity contribution in [3.8, 4) is 0 Å². The van der Waals surface area contributed by atoms with Gasteiger partial charge in [-0.3, -0.25) is 4.79 Å². The van der Waals surface area contributed by atoms with Gasteiger partial charge in [-0.2, -0.15) is 0 Å². The van der Waals surface area contributed by atoms with E-state index in [-0.39, 0.29) is 11.8 Å². The van der Waals surface area contributed by atoms with Crippen LogP contribution in [-0.2, 0) is 12.8 Å². The van der Waals surface area contributed by atoms with Crippen LogP contribution in [0.2, 0.25) is 0 Å². The van der Waals surface area contributed by atoms with Crippen LogP contribution in [0.25, 0.3) is 0 Å². The van der Waals surface area contributed by atoms with E-state index in [1.54, 1.807) is 6.07 Å². The molecule has 120 valence electrons. The standard InChI is InChI=1S/C19H21NO3/c1-14(21)17-9-5-8-16(12-17)13-18(20-19(22)23)11-10-15-6-3-2-4-7-15/h2-9,12,18,20H,10-11,13H2,1H3,(H,22,23)/t18-/m0/s1. The maximum absolute atomic E-state index is 11.5.